The molecule has 156 valence electrons. The molecule has 0 aliphatic carbocycles. The van der Waals surface area contributed by atoms with Crippen molar-refractivity contribution < 1.29 is 19.1 Å². The Kier molecular flexibility index (Phi) is 5.07. The van der Waals surface area contributed by atoms with Gasteiger partial charge in [-0.1, -0.05) is 19.9 Å². The van der Waals surface area contributed by atoms with Crippen LogP contribution in [-0.4, -0.2) is 37.2 Å². The van der Waals surface area contributed by atoms with Crippen molar-refractivity contribution in [3.05, 3.63) is 58.1 Å². The van der Waals surface area contributed by atoms with Crippen LogP contribution >= 0.6 is 0 Å². The average Bonchev–Trinajstić information content (AvgIpc) is 3.03. The number of allylic oxidation sites excluding steroid dienone is 1. The lowest BCUT2D eigenvalue weighted by Crippen LogP contribution is -2.28. The summed E-state index contributed by atoms with van der Waals surface area (Å²) in [6.45, 7) is 5.31. The number of alkyl carbamates (subject to hydrolysis) is 1. The van der Waals surface area contributed by atoms with Crippen LogP contribution in [0.4, 0.5) is 10.5 Å². The molecular formula is C22H23N3O5. The fourth-order valence-electron chi connectivity index (χ4n) is 3.67. The number of H-pyrrole nitrogens is 1. The van der Waals surface area contributed by atoms with Gasteiger partial charge in [-0.05, 0) is 36.3 Å². The van der Waals surface area contributed by atoms with Crippen LogP contribution in [-0.2, 0) is 9.53 Å². The van der Waals surface area contributed by atoms with E-state index < -0.39 is 17.9 Å². The first kappa shape index (κ1) is 19.8. The molecule has 1 saturated heterocycles. The van der Waals surface area contributed by atoms with Crippen molar-refractivity contribution in [3.63, 3.8) is 0 Å². The number of hydrogen-bond acceptors (Lipinski definition) is 6. The molecule has 1 aromatic carbocycles. The maximum Gasteiger partial charge on any atom is 0.419 e. The van der Waals surface area contributed by atoms with Crippen LogP contribution in [0.25, 0.3) is 11.3 Å². The summed E-state index contributed by atoms with van der Waals surface area (Å²) in [6, 6.07) is 9.40. The molecule has 30 heavy (non-hydrogen) atoms. The Balaban J connectivity index is 1.68. The van der Waals surface area contributed by atoms with Gasteiger partial charge in [0.05, 0.1) is 12.2 Å². The number of aromatic amines is 1. The number of hydrogen-bond donors (Lipinski definition) is 2. The van der Waals surface area contributed by atoms with Gasteiger partial charge >= 0.3 is 6.09 Å². The molecule has 4 rings (SSSR count). The molecule has 8 heteroatoms. The number of benzene rings is 1. The lowest BCUT2D eigenvalue weighted by atomic mass is 9.88. The van der Waals surface area contributed by atoms with Crippen LogP contribution in [0.3, 0.4) is 0 Å². The SMILES string of the molecule is CC(C)C(/C=C1\OC(=O)NC1=O)c1ccc(-c2ccc3c(c2)N(C)CCO3)[nH]c1=O. The lowest BCUT2D eigenvalue weighted by Gasteiger charge is -2.28. The molecule has 1 fully saturated rings. The van der Waals surface area contributed by atoms with Crippen molar-refractivity contribution in [1.82, 2.24) is 10.3 Å². The van der Waals surface area contributed by atoms with Crippen LogP contribution in [0.5, 0.6) is 5.75 Å². The molecule has 0 spiro atoms. The largest absolute Gasteiger partial charge is 0.490 e. The van der Waals surface area contributed by atoms with Crippen molar-refractivity contribution >= 4 is 17.7 Å². The van der Waals surface area contributed by atoms with Gasteiger partial charge in [0.2, 0.25) is 0 Å². The first-order valence-corrected chi connectivity index (χ1v) is 9.80. The highest BCUT2D eigenvalue weighted by atomic mass is 16.6. The number of nitrogens with zero attached hydrogens (tertiary/aromatic N) is 1. The number of carbonyl (C=O) groups is 2. The third-order valence-electron chi connectivity index (χ3n) is 5.36. The number of imide groups is 1. The smallest absolute Gasteiger partial charge is 0.419 e. The third kappa shape index (κ3) is 3.68. The Morgan fingerprint density at radius 3 is 2.60 bits per heavy atom. The van der Waals surface area contributed by atoms with Crippen molar-refractivity contribution in [2.45, 2.75) is 19.8 Å². The fraction of sp³-hybridized carbons (Fsp3) is 0.318. The predicted octanol–water partition coefficient (Wildman–Crippen LogP) is 2.76. The fourth-order valence-corrected chi connectivity index (χ4v) is 3.67. The summed E-state index contributed by atoms with van der Waals surface area (Å²) in [7, 11) is 2.00. The first-order chi connectivity index (χ1) is 14.3. The Morgan fingerprint density at radius 1 is 1.13 bits per heavy atom. The molecular weight excluding hydrogens is 386 g/mol. The Hall–Kier alpha value is -3.55. The van der Waals surface area contributed by atoms with Crippen molar-refractivity contribution in [2.75, 3.05) is 25.1 Å². The van der Waals surface area contributed by atoms with Crippen LogP contribution in [0.2, 0.25) is 0 Å². The minimum Gasteiger partial charge on any atom is -0.490 e. The van der Waals surface area contributed by atoms with Crippen LogP contribution in [0.15, 0.2) is 47.0 Å². The van der Waals surface area contributed by atoms with E-state index in [2.05, 4.69) is 15.2 Å². The summed E-state index contributed by atoms with van der Waals surface area (Å²) in [5.74, 6) is -0.245. The molecule has 2 amide bonds. The maximum atomic E-state index is 12.9. The number of anilines is 1. The van der Waals surface area contributed by atoms with Crippen LogP contribution in [0.1, 0.15) is 25.3 Å². The topological polar surface area (TPSA) is 101 Å². The van der Waals surface area contributed by atoms with E-state index in [0.29, 0.717) is 17.9 Å². The van der Waals surface area contributed by atoms with Crippen LogP contribution < -0.4 is 20.5 Å². The summed E-state index contributed by atoms with van der Waals surface area (Å²) in [5, 5.41) is 2.07. The number of nitrogens with one attached hydrogen (secondary N) is 2. The maximum absolute atomic E-state index is 12.9. The summed E-state index contributed by atoms with van der Waals surface area (Å²) in [6.07, 6.45) is 0.722. The van der Waals surface area contributed by atoms with E-state index in [1.54, 1.807) is 6.07 Å². The molecule has 2 aliphatic heterocycles. The number of aromatic nitrogens is 1. The van der Waals surface area contributed by atoms with E-state index >= 15 is 0 Å². The normalized spacial score (nSPS) is 18.1. The second-order valence-electron chi connectivity index (χ2n) is 7.75. The van der Waals surface area contributed by atoms with Gasteiger partial charge in [0, 0.05) is 29.8 Å². The van der Waals surface area contributed by atoms with E-state index in [1.807, 2.05) is 45.2 Å². The molecule has 3 heterocycles. The second kappa shape index (κ2) is 7.70. The van der Waals surface area contributed by atoms with E-state index in [9.17, 15) is 14.4 Å². The Bertz CT molecular complexity index is 1100. The second-order valence-corrected chi connectivity index (χ2v) is 7.75. The standard InChI is InChI=1S/C22H23N3O5/c1-12(2)15(11-19-21(27)24-22(28)30-19)14-5-6-16(23-20(14)26)13-4-7-18-17(10-13)25(3)8-9-29-18/h4-7,10-12,15H,8-9H2,1-3H3,(H,23,26)(H,24,27,28)/b19-11-. The zero-order valence-corrected chi connectivity index (χ0v) is 17.0. The molecule has 1 unspecified atom stereocenters. The van der Waals surface area contributed by atoms with Gasteiger partial charge in [0.25, 0.3) is 11.5 Å². The Labute approximate surface area is 173 Å². The molecule has 1 atom stereocenters. The summed E-state index contributed by atoms with van der Waals surface area (Å²) in [4.78, 5) is 41.0. The van der Waals surface area contributed by atoms with E-state index in [4.69, 9.17) is 9.47 Å². The number of rotatable bonds is 4. The van der Waals surface area contributed by atoms with Gasteiger partial charge in [0.1, 0.15) is 12.4 Å². The molecule has 2 aromatic rings. The molecule has 1 aromatic heterocycles. The number of amides is 2. The summed E-state index contributed by atoms with van der Waals surface area (Å²) >= 11 is 0. The highest BCUT2D eigenvalue weighted by Crippen LogP contribution is 2.34. The van der Waals surface area contributed by atoms with E-state index in [1.165, 1.54) is 6.08 Å². The van der Waals surface area contributed by atoms with Crippen molar-refractivity contribution in [2.24, 2.45) is 5.92 Å². The minimum atomic E-state index is -0.806. The molecule has 0 bridgehead atoms. The van der Waals surface area contributed by atoms with Gasteiger partial charge in [-0.15, -0.1) is 0 Å². The predicted molar refractivity (Wildman–Crippen MR) is 112 cm³/mol. The lowest BCUT2D eigenvalue weighted by molar-refractivity contribution is -0.116. The first-order valence-electron chi connectivity index (χ1n) is 9.80. The number of carbonyl (C=O) groups excluding carboxylic acids is 2. The zero-order chi connectivity index (χ0) is 21.4. The Morgan fingerprint density at radius 2 is 1.93 bits per heavy atom. The van der Waals surface area contributed by atoms with Gasteiger partial charge in [-0.3, -0.25) is 14.9 Å². The van der Waals surface area contributed by atoms with Gasteiger partial charge < -0.3 is 19.4 Å². The molecule has 0 radical (unpaired) electrons. The molecule has 2 N–H and O–H groups in total. The molecule has 2 aliphatic rings. The number of likely N-dealkylation sites (N-methyl/N-ethyl adjacent to an activating group) is 1. The highest BCUT2D eigenvalue weighted by Gasteiger charge is 2.29. The van der Waals surface area contributed by atoms with Gasteiger partial charge in [-0.2, -0.15) is 0 Å². The van der Waals surface area contributed by atoms with Crippen molar-refractivity contribution in [1.29, 1.82) is 0 Å². The minimum absolute atomic E-state index is 0.00564. The average molecular weight is 409 g/mol. The number of pyridine rings is 1. The van der Waals surface area contributed by atoms with Gasteiger partial charge in [-0.25, -0.2) is 4.79 Å². The molecule has 8 nitrogen and oxygen atoms in total. The number of ether oxygens (including phenoxy) is 2. The zero-order valence-electron chi connectivity index (χ0n) is 17.0. The summed E-state index contributed by atoms with van der Waals surface area (Å²) in [5.41, 5.74) is 2.78. The number of fused-ring (bicyclic) bond motifs is 1. The molecule has 0 saturated carbocycles. The van der Waals surface area contributed by atoms with E-state index in [-0.39, 0.29) is 17.2 Å². The van der Waals surface area contributed by atoms with Gasteiger partial charge in [0.15, 0.2) is 5.76 Å². The monoisotopic (exact) mass is 409 g/mol. The highest BCUT2D eigenvalue weighted by molar-refractivity contribution is 6.07. The van der Waals surface area contributed by atoms with Crippen molar-refractivity contribution in [3.8, 4) is 17.0 Å². The summed E-state index contributed by atoms with van der Waals surface area (Å²) < 4.78 is 10.6. The van der Waals surface area contributed by atoms with Crippen LogP contribution in [0, 0.1) is 5.92 Å². The van der Waals surface area contributed by atoms with E-state index in [0.717, 1.165) is 23.5 Å². The third-order valence-corrected chi connectivity index (χ3v) is 5.36. The quantitative estimate of drug-likeness (QED) is 0.753. The number of cyclic esters (lactones) is 1.